The van der Waals surface area contributed by atoms with Gasteiger partial charge in [-0.15, -0.1) is 0 Å². The molecule has 0 aromatic heterocycles. The van der Waals surface area contributed by atoms with Crippen molar-refractivity contribution in [3.8, 4) is 0 Å². The Morgan fingerprint density at radius 2 is 1.40 bits per heavy atom. The average molecular weight is 555 g/mol. The normalized spacial score (nSPS) is 20.1. The Bertz CT molecular complexity index is 1570. The van der Waals surface area contributed by atoms with Crippen LogP contribution >= 0.6 is 21.4 Å². The number of hydrogen-bond acceptors (Lipinski definition) is 5. The molecular weight excluding hydrogens is 527 g/mol. The first kappa shape index (κ1) is 25.9. The fourth-order valence-corrected chi connectivity index (χ4v) is 6.72. The lowest BCUT2D eigenvalue weighted by molar-refractivity contribution is -0.401. The summed E-state index contributed by atoms with van der Waals surface area (Å²) in [6.07, 6.45) is 6.00. The van der Waals surface area contributed by atoms with Gasteiger partial charge in [-0.2, -0.15) is 4.58 Å². The molecule has 0 radical (unpaired) electrons. The van der Waals surface area contributed by atoms with Crippen LogP contribution in [-0.4, -0.2) is 41.2 Å². The molecule has 0 amide bonds. The van der Waals surface area contributed by atoms with Gasteiger partial charge < -0.3 is 4.90 Å². The van der Waals surface area contributed by atoms with Crippen molar-refractivity contribution < 1.29 is 21.4 Å². The van der Waals surface area contributed by atoms with E-state index in [2.05, 4.69) is 0 Å². The fourth-order valence-electron chi connectivity index (χ4n) is 5.16. The Hall–Kier alpha value is -2.13. The number of rotatable bonds is 4. The van der Waals surface area contributed by atoms with Crippen LogP contribution in [0, 0.1) is 0 Å². The Kier molecular flexibility index (Phi) is 6.08. The molecule has 2 heterocycles. The van der Waals surface area contributed by atoms with Crippen LogP contribution in [0.2, 0.25) is 0 Å². The maximum absolute atomic E-state index is 11.9. The second-order valence-electron chi connectivity index (χ2n) is 9.90. The van der Waals surface area contributed by atoms with Gasteiger partial charge in [0.15, 0.2) is 5.71 Å². The summed E-state index contributed by atoms with van der Waals surface area (Å²) in [4.78, 5) is 2.21. The zero-order valence-corrected chi connectivity index (χ0v) is 23.4. The second kappa shape index (κ2) is 8.20. The number of halogens is 2. The van der Waals surface area contributed by atoms with Crippen molar-refractivity contribution in [3.05, 3.63) is 71.5 Å². The van der Waals surface area contributed by atoms with Crippen LogP contribution in [0.4, 0.5) is 11.4 Å². The predicted molar refractivity (Wildman–Crippen MR) is 141 cm³/mol. The van der Waals surface area contributed by atoms with E-state index in [0.717, 1.165) is 33.9 Å². The zero-order valence-electron chi connectivity index (χ0n) is 20.3. The lowest BCUT2D eigenvalue weighted by Gasteiger charge is -2.23. The van der Waals surface area contributed by atoms with Gasteiger partial charge in [0.1, 0.15) is 7.05 Å². The third-order valence-corrected chi connectivity index (χ3v) is 9.78. The molecule has 2 aliphatic rings. The molecule has 0 unspecified atom stereocenters. The van der Waals surface area contributed by atoms with E-state index in [4.69, 9.17) is 21.4 Å². The quantitative estimate of drug-likeness (QED) is 0.373. The molecule has 0 atom stereocenters. The summed E-state index contributed by atoms with van der Waals surface area (Å²) in [7, 11) is 7.40. The molecule has 2 aliphatic heterocycles. The van der Waals surface area contributed by atoms with E-state index in [9.17, 15) is 16.8 Å². The highest BCUT2D eigenvalue weighted by Crippen LogP contribution is 2.48. The van der Waals surface area contributed by atoms with E-state index < -0.39 is 28.9 Å². The van der Waals surface area contributed by atoms with Gasteiger partial charge in [-0.3, -0.25) is 0 Å². The molecule has 0 bridgehead atoms. The van der Waals surface area contributed by atoms with Gasteiger partial charge >= 0.3 is 0 Å². The molecule has 0 aliphatic carbocycles. The minimum absolute atomic E-state index is 0.0807. The molecule has 4 rings (SSSR count). The zero-order chi connectivity index (χ0) is 26.1. The van der Waals surface area contributed by atoms with Crippen LogP contribution < -0.4 is 4.90 Å². The summed E-state index contributed by atoms with van der Waals surface area (Å²) in [6, 6.07) is 9.87. The summed E-state index contributed by atoms with van der Waals surface area (Å²) in [5.74, 6) is 0. The van der Waals surface area contributed by atoms with Gasteiger partial charge in [-0.05, 0) is 55.8 Å². The maximum Gasteiger partial charge on any atom is 0.261 e. The molecule has 2 aromatic carbocycles. The number of hydrogen-bond donors (Lipinski definition) is 0. The number of allylic oxidation sites excluding steroid dienone is 4. The Morgan fingerprint density at radius 1 is 0.857 bits per heavy atom. The number of anilines is 1. The summed E-state index contributed by atoms with van der Waals surface area (Å²) < 4.78 is 49.5. The summed E-state index contributed by atoms with van der Waals surface area (Å²) in [5.41, 5.74) is 4.73. The monoisotopic (exact) mass is 553 g/mol. The minimum Gasteiger partial charge on any atom is -0.347 e. The average Bonchev–Trinajstić information content (AvgIpc) is 3.05. The van der Waals surface area contributed by atoms with Crippen molar-refractivity contribution >= 4 is 56.6 Å². The highest BCUT2D eigenvalue weighted by molar-refractivity contribution is 8.14. The molecule has 6 nitrogen and oxygen atoms in total. The van der Waals surface area contributed by atoms with Crippen LogP contribution in [-0.2, 0) is 28.9 Å². The van der Waals surface area contributed by atoms with Crippen molar-refractivity contribution in [3.63, 3.8) is 0 Å². The van der Waals surface area contributed by atoms with Crippen LogP contribution in [0.3, 0.4) is 0 Å². The molecule has 0 saturated carbocycles. The minimum atomic E-state index is -3.83. The van der Waals surface area contributed by atoms with Crippen molar-refractivity contribution in [1.29, 1.82) is 0 Å². The number of likely N-dealkylation sites (N-methyl/N-ethyl adjacent to an activating group) is 1. The standard InChI is InChI=1S/C25H27Cl2N2O4S2/c1-24(2)18-14-16(34(26,30)31)10-12-20(18)28(5)22(24)8-7-9-23-25(3,4)19-15-17(35(27,32)33)11-13-21(19)29(23)6/h7-15H,1-6H3/q+1. The van der Waals surface area contributed by atoms with Gasteiger partial charge in [0.05, 0.1) is 15.2 Å². The highest BCUT2D eigenvalue weighted by Gasteiger charge is 2.44. The van der Waals surface area contributed by atoms with Crippen molar-refractivity contribution in [1.82, 2.24) is 0 Å². The van der Waals surface area contributed by atoms with Crippen LogP contribution in [0.5, 0.6) is 0 Å². The van der Waals surface area contributed by atoms with Crippen LogP contribution in [0.25, 0.3) is 0 Å². The van der Waals surface area contributed by atoms with E-state index >= 15 is 0 Å². The molecule has 0 spiro atoms. The van der Waals surface area contributed by atoms with Gasteiger partial charge in [-0.1, -0.05) is 19.9 Å². The van der Waals surface area contributed by atoms with E-state index in [-0.39, 0.29) is 9.79 Å². The summed E-state index contributed by atoms with van der Waals surface area (Å²) in [6.45, 7) is 8.18. The first-order chi connectivity index (χ1) is 16.0. The molecule has 0 saturated heterocycles. The molecule has 0 fully saturated rings. The Labute approximate surface area is 216 Å². The molecule has 0 N–H and O–H groups in total. The largest absolute Gasteiger partial charge is 0.347 e. The number of benzene rings is 2. The summed E-state index contributed by atoms with van der Waals surface area (Å²) >= 11 is 0. The Morgan fingerprint density at radius 3 is 1.97 bits per heavy atom. The first-order valence-corrected chi connectivity index (χ1v) is 15.5. The molecule has 35 heavy (non-hydrogen) atoms. The number of nitrogens with zero attached hydrogens (tertiary/aromatic N) is 2. The second-order valence-corrected chi connectivity index (χ2v) is 15.0. The van der Waals surface area contributed by atoms with Crippen molar-refractivity contribution in [2.75, 3.05) is 19.0 Å². The smallest absolute Gasteiger partial charge is 0.261 e. The fraction of sp³-hybridized carbons (Fsp3) is 0.320. The lowest BCUT2D eigenvalue weighted by atomic mass is 9.81. The van der Waals surface area contributed by atoms with Crippen molar-refractivity contribution in [2.45, 2.75) is 48.3 Å². The predicted octanol–water partition coefficient (Wildman–Crippen LogP) is 5.42. The van der Waals surface area contributed by atoms with Crippen molar-refractivity contribution in [2.24, 2.45) is 0 Å². The van der Waals surface area contributed by atoms with Gasteiger partial charge in [-0.25, -0.2) is 16.8 Å². The molecular formula is C25H27Cl2N2O4S2+. The van der Waals surface area contributed by atoms with Crippen LogP contribution in [0.1, 0.15) is 38.8 Å². The molecule has 186 valence electrons. The van der Waals surface area contributed by atoms with Gasteiger partial charge in [0, 0.05) is 62.9 Å². The van der Waals surface area contributed by atoms with Crippen LogP contribution in [0.15, 0.2) is 70.1 Å². The van der Waals surface area contributed by atoms with E-state index in [1.807, 2.05) is 69.5 Å². The maximum atomic E-state index is 11.9. The SMILES string of the molecule is CN1C(=CC=CC2=[N+](C)c3ccc(S(=O)(=O)Cl)cc3C2(C)C)C(C)(C)c2cc(S(=O)(=O)Cl)ccc21. The molecule has 10 heteroatoms. The van der Waals surface area contributed by atoms with Gasteiger partial charge in [0.2, 0.25) is 5.69 Å². The van der Waals surface area contributed by atoms with E-state index in [1.165, 1.54) is 12.1 Å². The first-order valence-electron chi connectivity index (χ1n) is 10.9. The Balaban J connectivity index is 1.72. The highest BCUT2D eigenvalue weighted by atomic mass is 35.7. The van der Waals surface area contributed by atoms with E-state index in [0.29, 0.717) is 0 Å². The summed E-state index contributed by atoms with van der Waals surface area (Å²) in [5, 5.41) is 0. The topological polar surface area (TPSA) is 74.5 Å². The lowest BCUT2D eigenvalue weighted by Crippen LogP contribution is -2.27. The van der Waals surface area contributed by atoms with E-state index in [1.54, 1.807) is 24.3 Å². The third-order valence-electron chi connectivity index (χ3n) is 7.08. The third kappa shape index (κ3) is 4.24. The van der Waals surface area contributed by atoms with Gasteiger partial charge in [0.25, 0.3) is 18.1 Å². The molecule has 2 aromatic rings. The number of fused-ring (bicyclic) bond motifs is 2.